The van der Waals surface area contributed by atoms with Gasteiger partial charge in [0.2, 0.25) is 21.8 Å². The van der Waals surface area contributed by atoms with Crippen LogP contribution < -0.4 is 15.4 Å². The molecule has 0 heterocycles. The van der Waals surface area contributed by atoms with E-state index in [9.17, 15) is 28.1 Å². The summed E-state index contributed by atoms with van der Waals surface area (Å²) in [5.74, 6) is -1.98. The van der Waals surface area contributed by atoms with Crippen LogP contribution in [0.25, 0.3) is 0 Å². The van der Waals surface area contributed by atoms with Crippen molar-refractivity contribution in [1.82, 2.24) is 20.3 Å². The molecule has 2 aromatic carbocycles. The van der Waals surface area contributed by atoms with Crippen molar-refractivity contribution in [2.75, 3.05) is 14.1 Å². The second-order valence-electron chi connectivity index (χ2n) is 13.6. The van der Waals surface area contributed by atoms with Crippen molar-refractivity contribution in [2.45, 2.75) is 84.7 Å². The van der Waals surface area contributed by atoms with E-state index < -0.39 is 44.9 Å². The second kappa shape index (κ2) is 15.5. The van der Waals surface area contributed by atoms with Crippen molar-refractivity contribution in [2.24, 2.45) is 11.3 Å². The molecule has 250 valence electrons. The van der Waals surface area contributed by atoms with Gasteiger partial charge in [0.25, 0.3) is 5.91 Å². The van der Waals surface area contributed by atoms with Gasteiger partial charge < -0.3 is 15.5 Å². The van der Waals surface area contributed by atoms with Crippen LogP contribution in [0.5, 0.6) is 0 Å². The molecule has 3 atom stereocenters. The molecular weight excluding hydrogens is 602 g/mol. The van der Waals surface area contributed by atoms with E-state index in [1.807, 2.05) is 60.6 Å². The van der Waals surface area contributed by atoms with Gasteiger partial charge in [0, 0.05) is 18.0 Å². The number of hydrogen-bond donors (Lipinski definition) is 3. The number of rotatable bonds is 13. The highest BCUT2D eigenvalue weighted by atomic mass is 32.2. The molecule has 3 unspecified atom stereocenters. The fraction of sp³-hybridized carbons (Fsp3) is 0.486. The van der Waals surface area contributed by atoms with Gasteiger partial charge in [0.15, 0.2) is 0 Å². The Hall–Kier alpha value is -4.01. The molecular formula is C35H49N5O5S. The first kappa shape index (κ1) is 38.2. The zero-order chi connectivity index (χ0) is 35.0. The molecule has 2 rings (SSSR count). The lowest BCUT2D eigenvalue weighted by Crippen LogP contribution is -2.61. The largest absolute Gasteiger partial charge is 0.342 e. The average Bonchev–Trinajstić information content (AvgIpc) is 2.97. The fourth-order valence-corrected chi connectivity index (χ4v) is 6.47. The minimum absolute atomic E-state index is 0.144. The van der Waals surface area contributed by atoms with Crippen molar-refractivity contribution in [1.29, 1.82) is 5.26 Å². The summed E-state index contributed by atoms with van der Waals surface area (Å²) in [6.45, 7) is 14.7. The predicted molar refractivity (Wildman–Crippen MR) is 181 cm³/mol. The molecule has 0 aliphatic rings. The van der Waals surface area contributed by atoms with Gasteiger partial charge in [0.05, 0.1) is 29.5 Å². The maximum atomic E-state index is 14.1. The number of hydrogen-bond acceptors (Lipinski definition) is 7. The lowest BCUT2D eigenvalue weighted by Gasteiger charge is -2.40. The molecule has 0 aliphatic heterocycles. The highest BCUT2D eigenvalue weighted by Gasteiger charge is 2.41. The molecule has 10 nitrogen and oxygen atoms in total. The molecule has 46 heavy (non-hydrogen) atoms. The molecule has 11 heteroatoms. The summed E-state index contributed by atoms with van der Waals surface area (Å²) in [5.41, 5.74) is 0.680. The molecule has 0 bridgehead atoms. The van der Waals surface area contributed by atoms with E-state index in [-0.39, 0.29) is 29.1 Å². The summed E-state index contributed by atoms with van der Waals surface area (Å²) in [6.07, 6.45) is 1.59. The summed E-state index contributed by atoms with van der Waals surface area (Å²) in [6, 6.07) is 15.5. The maximum Gasteiger partial charge on any atom is 0.260 e. The lowest BCUT2D eigenvalue weighted by atomic mass is 9.76. The third-order valence-electron chi connectivity index (χ3n) is 8.13. The Kier molecular flexibility index (Phi) is 12.9. The summed E-state index contributed by atoms with van der Waals surface area (Å²) in [4.78, 5) is 42.4. The normalized spacial score (nSPS) is 14.5. The SMILES string of the molecule is CNC(C(=O)NC(C(=O)N(C)C(C=C(C)C(=O)NS(=O)(=O)Cc1ccccc1)C(C)C)C(C)(C)C)C(C)(C)c1ccc(C#N)cc1. The number of carbonyl (C=O) groups excluding carboxylic acids is 3. The van der Waals surface area contributed by atoms with Crippen LogP contribution in [0.15, 0.2) is 66.2 Å². The quantitative estimate of drug-likeness (QED) is 0.277. The Labute approximate surface area is 274 Å². The van der Waals surface area contributed by atoms with Gasteiger partial charge in [-0.15, -0.1) is 0 Å². The molecule has 3 amide bonds. The number of likely N-dealkylation sites (N-methyl/N-ethyl adjacent to an activating group) is 2. The zero-order valence-corrected chi connectivity index (χ0v) is 29.5. The summed E-state index contributed by atoms with van der Waals surface area (Å²) in [5, 5.41) is 15.3. The van der Waals surface area contributed by atoms with Crippen LogP contribution in [0.4, 0.5) is 0 Å². The Morgan fingerprint density at radius 2 is 1.52 bits per heavy atom. The molecule has 0 aliphatic carbocycles. The van der Waals surface area contributed by atoms with Crippen molar-refractivity contribution in [3.05, 3.63) is 82.9 Å². The van der Waals surface area contributed by atoms with E-state index >= 15 is 0 Å². The van der Waals surface area contributed by atoms with E-state index in [1.165, 1.54) is 11.8 Å². The monoisotopic (exact) mass is 651 g/mol. The van der Waals surface area contributed by atoms with Crippen molar-refractivity contribution < 1.29 is 22.8 Å². The van der Waals surface area contributed by atoms with E-state index in [2.05, 4.69) is 21.4 Å². The standard InChI is InChI=1S/C35H49N5O5S/c1-23(2)28(20-24(3)31(41)39-46(44,45)22-26-14-12-11-13-15-26)40(10)33(43)30(34(4,5)6)38-32(42)29(37-9)35(7,8)27-18-16-25(21-36)17-19-27/h11-20,23,28-30,37H,22H2,1-10H3,(H,38,42)(H,39,41). The first-order chi connectivity index (χ1) is 21.2. The number of amides is 3. The Morgan fingerprint density at radius 3 is 2.00 bits per heavy atom. The number of benzene rings is 2. The Bertz CT molecular complexity index is 1550. The van der Waals surface area contributed by atoms with Gasteiger partial charge in [-0.05, 0) is 48.6 Å². The average molecular weight is 652 g/mol. The number of carbonyl (C=O) groups is 3. The molecule has 3 N–H and O–H groups in total. The van der Waals surface area contributed by atoms with Gasteiger partial charge in [-0.25, -0.2) is 13.1 Å². The minimum atomic E-state index is -3.95. The van der Waals surface area contributed by atoms with Crippen LogP contribution in [0.2, 0.25) is 0 Å². The first-order valence-electron chi connectivity index (χ1n) is 15.3. The van der Waals surface area contributed by atoms with E-state index in [1.54, 1.807) is 62.6 Å². The van der Waals surface area contributed by atoms with Crippen molar-refractivity contribution >= 4 is 27.7 Å². The summed E-state index contributed by atoms with van der Waals surface area (Å²) < 4.78 is 27.5. The zero-order valence-electron chi connectivity index (χ0n) is 28.6. The smallest absolute Gasteiger partial charge is 0.260 e. The van der Waals surface area contributed by atoms with Crippen LogP contribution in [0, 0.1) is 22.7 Å². The fourth-order valence-electron chi connectivity index (χ4n) is 5.32. The summed E-state index contributed by atoms with van der Waals surface area (Å²) in [7, 11) is -0.656. The Morgan fingerprint density at radius 1 is 0.957 bits per heavy atom. The third kappa shape index (κ3) is 9.99. The molecule has 0 fully saturated rings. The second-order valence-corrected chi connectivity index (χ2v) is 15.4. The molecule has 0 aromatic heterocycles. The molecule has 0 radical (unpaired) electrons. The molecule has 0 saturated carbocycles. The van der Waals surface area contributed by atoms with Crippen LogP contribution in [-0.4, -0.2) is 63.3 Å². The number of nitrogens with zero attached hydrogens (tertiary/aromatic N) is 2. The molecule has 0 spiro atoms. The number of nitrogens with one attached hydrogen (secondary N) is 3. The van der Waals surface area contributed by atoms with Crippen LogP contribution in [0.1, 0.15) is 72.1 Å². The predicted octanol–water partition coefficient (Wildman–Crippen LogP) is 4.03. The molecule has 0 saturated heterocycles. The third-order valence-corrected chi connectivity index (χ3v) is 9.34. The van der Waals surface area contributed by atoms with Gasteiger partial charge >= 0.3 is 0 Å². The van der Waals surface area contributed by atoms with Gasteiger partial charge in [-0.1, -0.05) is 97.0 Å². The van der Waals surface area contributed by atoms with Crippen LogP contribution >= 0.6 is 0 Å². The maximum absolute atomic E-state index is 14.1. The van der Waals surface area contributed by atoms with E-state index in [0.717, 1.165) is 5.56 Å². The highest BCUT2D eigenvalue weighted by Crippen LogP contribution is 2.29. The van der Waals surface area contributed by atoms with Crippen molar-refractivity contribution in [3.8, 4) is 6.07 Å². The Balaban J connectivity index is 2.31. The topological polar surface area (TPSA) is 148 Å². The highest BCUT2D eigenvalue weighted by molar-refractivity contribution is 7.89. The summed E-state index contributed by atoms with van der Waals surface area (Å²) >= 11 is 0. The van der Waals surface area contributed by atoms with E-state index in [0.29, 0.717) is 11.1 Å². The van der Waals surface area contributed by atoms with Crippen molar-refractivity contribution in [3.63, 3.8) is 0 Å². The van der Waals surface area contributed by atoms with Gasteiger partial charge in [-0.2, -0.15) is 5.26 Å². The molecule has 2 aromatic rings. The van der Waals surface area contributed by atoms with Gasteiger partial charge in [-0.3, -0.25) is 14.4 Å². The van der Waals surface area contributed by atoms with Crippen LogP contribution in [-0.2, 0) is 35.6 Å². The number of nitriles is 1. The van der Waals surface area contributed by atoms with Gasteiger partial charge in [0.1, 0.15) is 6.04 Å². The first-order valence-corrected chi connectivity index (χ1v) is 16.9. The van der Waals surface area contributed by atoms with Crippen LogP contribution in [0.3, 0.4) is 0 Å². The number of sulfonamides is 1. The van der Waals surface area contributed by atoms with E-state index in [4.69, 9.17) is 0 Å². The minimum Gasteiger partial charge on any atom is -0.342 e. The lowest BCUT2D eigenvalue weighted by molar-refractivity contribution is -0.140.